The molecule has 0 atom stereocenters. The molecular formula is C26H21ClN4O4S2. The number of hydrogen-bond donors (Lipinski definition) is 1. The van der Waals surface area contributed by atoms with Gasteiger partial charge in [-0.05, 0) is 65.1 Å². The van der Waals surface area contributed by atoms with Crippen LogP contribution in [-0.4, -0.2) is 46.2 Å². The van der Waals surface area contributed by atoms with Crippen LogP contribution in [0.2, 0.25) is 5.02 Å². The van der Waals surface area contributed by atoms with Crippen molar-refractivity contribution in [1.29, 1.82) is 0 Å². The summed E-state index contributed by atoms with van der Waals surface area (Å²) in [7, 11) is -3.90. The number of nitrogens with zero attached hydrogens (tertiary/aromatic N) is 4. The predicted octanol–water partition coefficient (Wildman–Crippen LogP) is 5.25. The van der Waals surface area contributed by atoms with Crippen molar-refractivity contribution in [2.24, 2.45) is 0 Å². The molecule has 1 aliphatic heterocycles. The van der Waals surface area contributed by atoms with E-state index in [2.05, 4.69) is 15.3 Å². The first-order valence-corrected chi connectivity index (χ1v) is 14.2. The van der Waals surface area contributed by atoms with Gasteiger partial charge in [0.05, 0.1) is 11.1 Å². The molecule has 3 heterocycles. The Morgan fingerprint density at radius 3 is 2.38 bits per heavy atom. The lowest BCUT2D eigenvalue weighted by atomic mass is 9.85. The lowest BCUT2D eigenvalue weighted by Gasteiger charge is -2.37. The van der Waals surface area contributed by atoms with E-state index in [1.54, 1.807) is 42.6 Å². The third kappa shape index (κ3) is 4.38. The van der Waals surface area contributed by atoms with Crippen molar-refractivity contribution in [3.8, 4) is 0 Å². The van der Waals surface area contributed by atoms with E-state index in [9.17, 15) is 13.5 Å². The zero-order valence-corrected chi connectivity index (χ0v) is 21.8. The van der Waals surface area contributed by atoms with Gasteiger partial charge in [-0.2, -0.15) is 4.31 Å². The van der Waals surface area contributed by atoms with Gasteiger partial charge in [-0.1, -0.05) is 53.7 Å². The highest BCUT2D eigenvalue weighted by atomic mass is 35.5. The van der Waals surface area contributed by atoms with E-state index in [1.165, 1.54) is 16.1 Å². The minimum absolute atomic E-state index is 0.0288. The molecule has 3 aromatic carbocycles. The molecule has 0 radical (unpaired) electrons. The van der Waals surface area contributed by atoms with E-state index in [0.717, 1.165) is 21.4 Å². The van der Waals surface area contributed by atoms with Crippen LogP contribution >= 0.6 is 23.4 Å². The smallest absolute Gasteiger partial charge is 0.245 e. The molecule has 8 nitrogen and oxygen atoms in total. The van der Waals surface area contributed by atoms with Gasteiger partial charge in [0, 0.05) is 39.5 Å². The molecule has 188 valence electrons. The van der Waals surface area contributed by atoms with Crippen molar-refractivity contribution in [3.63, 3.8) is 0 Å². The summed E-state index contributed by atoms with van der Waals surface area (Å²) in [6, 6.07) is 20.0. The molecule has 2 aromatic heterocycles. The number of benzene rings is 3. The molecule has 0 bridgehead atoms. The third-order valence-corrected chi connectivity index (χ3v) is 9.99. The standard InChI is InChI=1S/C26H21ClN4O4S2/c27-19-8-6-18(7-9-19)26(32)12-15-31(16-13-26)37(33,34)22-11-10-21(24-25(22)30-35-29-24)36-20-5-1-3-17-4-2-14-28-23(17)20/h1-11,14,32H,12-13,15-16H2. The van der Waals surface area contributed by atoms with Gasteiger partial charge in [-0.3, -0.25) is 4.98 Å². The summed E-state index contributed by atoms with van der Waals surface area (Å²) >= 11 is 7.40. The minimum Gasteiger partial charge on any atom is -0.385 e. The van der Waals surface area contributed by atoms with E-state index in [0.29, 0.717) is 15.4 Å². The fourth-order valence-corrected chi connectivity index (χ4v) is 7.38. The number of para-hydroxylation sites is 1. The first-order chi connectivity index (χ1) is 17.8. The Balaban J connectivity index is 1.29. The maximum Gasteiger partial charge on any atom is 0.245 e. The summed E-state index contributed by atoms with van der Waals surface area (Å²) in [5, 5.41) is 20.7. The van der Waals surface area contributed by atoms with Gasteiger partial charge < -0.3 is 5.11 Å². The molecule has 0 amide bonds. The average Bonchev–Trinajstić information content (AvgIpc) is 3.40. The Hall–Kier alpha value is -3.02. The maximum atomic E-state index is 13.6. The second kappa shape index (κ2) is 9.38. The number of piperidine rings is 1. The molecule has 1 saturated heterocycles. The van der Waals surface area contributed by atoms with Gasteiger partial charge in [-0.25, -0.2) is 13.0 Å². The van der Waals surface area contributed by atoms with Crippen LogP contribution in [0.3, 0.4) is 0 Å². The third-order valence-electron chi connectivity index (χ3n) is 6.71. The molecule has 0 spiro atoms. The molecular weight excluding hydrogens is 532 g/mol. The Bertz CT molecular complexity index is 1710. The number of rotatable bonds is 5. The molecule has 0 unspecified atom stereocenters. The van der Waals surface area contributed by atoms with Crippen molar-refractivity contribution >= 4 is 55.3 Å². The van der Waals surface area contributed by atoms with Crippen LogP contribution in [0.25, 0.3) is 21.9 Å². The van der Waals surface area contributed by atoms with Gasteiger partial charge in [-0.15, -0.1) is 0 Å². The average molecular weight is 553 g/mol. The lowest BCUT2D eigenvalue weighted by Crippen LogP contribution is -2.45. The van der Waals surface area contributed by atoms with Crippen LogP contribution in [-0.2, 0) is 15.6 Å². The van der Waals surface area contributed by atoms with Gasteiger partial charge in [0.15, 0.2) is 11.0 Å². The van der Waals surface area contributed by atoms with Crippen molar-refractivity contribution < 1.29 is 18.2 Å². The molecule has 11 heteroatoms. The normalized spacial score (nSPS) is 16.4. The first-order valence-electron chi connectivity index (χ1n) is 11.6. The number of fused-ring (bicyclic) bond motifs is 2. The zero-order chi connectivity index (χ0) is 25.6. The van der Waals surface area contributed by atoms with Crippen LogP contribution in [0.4, 0.5) is 0 Å². The number of halogens is 1. The topological polar surface area (TPSA) is 109 Å². The highest BCUT2D eigenvalue weighted by Crippen LogP contribution is 2.39. The second-order valence-corrected chi connectivity index (χ2v) is 12.3. The largest absolute Gasteiger partial charge is 0.385 e. The van der Waals surface area contributed by atoms with Crippen molar-refractivity contribution in [2.75, 3.05) is 13.1 Å². The van der Waals surface area contributed by atoms with E-state index in [4.69, 9.17) is 16.2 Å². The van der Waals surface area contributed by atoms with E-state index in [-0.39, 0.29) is 36.3 Å². The van der Waals surface area contributed by atoms with Crippen LogP contribution in [0.1, 0.15) is 18.4 Å². The Morgan fingerprint density at radius 1 is 0.892 bits per heavy atom. The van der Waals surface area contributed by atoms with Gasteiger partial charge in [0.1, 0.15) is 4.90 Å². The predicted molar refractivity (Wildman–Crippen MR) is 141 cm³/mol. The van der Waals surface area contributed by atoms with Gasteiger partial charge in [0.25, 0.3) is 0 Å². The fourth-order valence-electron chi connectivity index (χ4n) is 4.67. The van der Waals surface area contributed by atoms with Crippen molar-refractivity contribution in [1.82, 2.24) is 19.6 Å². The molecule has 6 rings (SSSR count). The van der Waals surface area contributed by atoms with E-state index >= 15 is 0 Å². The summed E-state index contributed by atoms with van der Waals surface area (Å²) in [6.45, 7) is 0.318. The Morgan fingerprint density at radius 2 is 1.59 bits per heavy atom. The van der Waals surface area contributed by atoms with Crippen LogP contribution in [0, 0.1) is 0 Å². The molecule has 1 N–H and O–H groups in total. The minimum atomic E-state index is -3.90. The number of aromatic nitrogens is 3. The molecule has 1 fully saturated rings. The molecule has 37 heavy (non-hydrogen) atoms. The molecule has 0 saturated carbocycles. The fraction of sp³-hybridized carbons (Fsp3) is 0.192. The molecule has 1 aliphatic rings. The zero-order valence-electron chi connectivity index (χ0n) is 19.4. The maximum absolute atomic E-state index is 13.6. The number of sulfonamides is 1. The van der Waals surface area contributed by atoms with Crippen molar-refractivity contribution in [3.05, 3.63) is 83.5 Å². The Labute approximate surface area is 222 Å². The van der Waals surface area contributed by atoms with Crippen molar-refractivity contribution in [2.45, 2.75) is 33.1 Å². The highest BCUT2D eigenvalue weighted by molar-refractivity contribution is 7.99. The quantitative estimate of drug-likeness (QED) is 0.315. The van der Waals surface area contributed by atoms with Gasteiger partial charge in [0.2, 0.25) is 10.0 Å². The number of aliphatic hydroxyl groups is 1. The van der Waals surface area contributed by atoms with Gasteiger partial charge >= 0.3 is 0 Å². The number of pyridine rings is 1. The lowest BCUT2D eigenvalue weighted by molar-refractivity contribution is -0.00960. The van der Waals surface area contributed by atoms with E-state index in [1.807, 2.05) is 30.3 Å². The summed E-state index contributed by atoms with van der Waals surface area (Å²) in [5.74, 6) is 0. The molecule has 5 aromatic rings. The molecule has 0 aliphatic carbocycles. The summed E-state index contributed by atoms with van der Waals surface area (Å²) in [5.41, 5.74) is 0.999. The first kappa shape index (κ1) is 24.3. The van der Waals surface area contributed by atoms with Crippen LogP contribution < -0.4 is 0 Å². The highest BCUT2D eigenvalue weighted by Gasteiger charge is 2.39. The summed E-state index contributed by atoms with van der Waals surface area (Å²) in [6.07, 6.45) is 2.26. The monoisotopic (exact) mass is 552 g/mol. The summed E-state index contributed by atoms with van der Waals surface area (Å²) < 4.78 is 33.6. The Kier molecular flexibility index (Phi) is 6.16. The summed E-state index contributed by atoms with van der Waals surface area (Å²) in [4.78, 5) is 6.14. The van der Waals surface area contributed by atoms with Crippen LogP contribution in [0.5, 0.6) is 0 Å². The SMILES string of the molecule is O=S(=O)(c1ccc(Sc2cccc3cccnc23)c2nonc12)N1CCC(O)(c2ccc(Cl)cc2)CC1. The second-order valence-electron chi connectivity index (χ2n) is 8.90. The van der Waals surface area contributed by atoms with Crippen LogP contribution in [0.15, 0.2) is 92.2 Å². The number of hydrogen-bond acceptors (Lipinski definition) is 8. The van der Waals surface area contributed by atoms with E-state index < -0.39 is 15.6 Å².